The predicted octanol–water partition coefficient (Wildman–Crippen LogP) is 6.25. The lowest BCUT2D eigenvalue weighted by atomic mass is 9.68. The van der Waals surface area contributed by atoms with E-state index in [0.717, 1.165) is 36.2 Å². The highest BCUT2D eigenvalue weighted by Gasteiger charge is 2.30. The van der Waals surface area contributed by atoms with Crippen molar-refractivity contribution in [3.05, 3.63) is 47.5 Å². The first-order valence-corrected chi connectivity index (χ1v) is 9.78. The van der Waals surface area contributed by atoms with E-state index >= 15 is 0 Å². The predicted molar refractivity (Wildman–Crippen MR) is 97.5 cm³/mol. The minimum absolute atomic E-state index is 0.402. The number of halogens is 2. The molecular weight excluding hydrogens is 318 g/mol. The second-order valence-electron chi connectivity index (χ2n) is 7.84. The van der Waals surface area contributed by atoms with Crippen molar-refractivity contribution in [1.82, 2.24) is 0 Å². The summed E-state index contributed by atoms with van der Waals surface area (Å²) in [6.07, 6.45) is 14.5. The van der Waals surface area contributed by atoms with Gasteiger partial charge in [-0.15, -0.1) is 0 Å². The third-order valence-corrected chi connectivity index (χ3v) is 6.34. The summed E-state index contributed by atoms with van der Waals surface area (Å²) in [5.74, 6) is 1.36. The molecule has 0 spiro atoms. The minimum Gasteiger partial charge on any atom is -0.381 e. The van der Waals surface area contributed by atoms with Gasteiger partial charge in [0.2, 0.25) is 0 Å². The average Bonchev–Trinajstić information content (AvgIpc) is 2.65. The van der Waals surface area contributed by atoms with E-state index in [-0.39, 0.29) is 0 Å². The van der Waals surface area contributed by atoms with Gasteiger partial charge in [-0.1, -0.05) is 18.2 Å². The van der Waals surface area contributed by atoms with Crippen molar-refractivity contribution in [2.24, 2.45) is 17.8 Å². The van der Waals surface area contributed by atoms with E-state index in [9.17, 15) is 8.78 Å². The van der Waals surface area contributed by atoms with E-state index in [1.54, 1.807) is 13.2 Å². The van der Waals surface area contributed by atoms with Crippen LogP contribution in [0.3, 0.4) is 0 Å². The summed E-state index contributed by atoms with van der Waals surface area (Å²) in [4.78, 5) is 0. The number of hydrogen-bond donors (Lipinski definition) is 0. The van der Waals surface area contributed by atoms with Gasteiger partial charge in [-0.05, 0) is 92.7 Å². The van der Waals surface area contributed by atoms with E-state index in [1.807, 2.05) is 0 Å². The van der Waals surface area contributed by atoms with Crippen molar-refractivity contribution < 1.29 is 13.5 Å². The van der Waals surface area contributed by atoms with Gasteiger partial charge >= 0.3 is 0 Å². The Bertz CT molecular complexity index is 567. The lowest BCUT2D eigenvalue weighted by molar-refractivity contribution is 0.171. The quantitative estimate of drug-likeness (QED) is 0.572. The van der Waals surface area contributed by atoms with Crippen molar-refractivity contribution in [2.75, 3.05) is 13.7 Å². The summed E-state index contributed by atoms with van der Waals surface area (Å²) < 4.78 is 31.7. The first-order chi connectivity index (χ1) is 12.2. The third-order valence-electron chi connectivity index (χ3n) is 6.34. The van der Waals surface area contributed by atoms with Crippen LogP contribution >= 0.6 is 0 Å². The zero-order chi connectivity index (χ0) is 17.6. The topological polar surface area (TPSA) is 9.23 Å². The molecule has 3 heteroatoms. The Balaban J connectivity index is 1.46. The molecule has 0 radical (unpaired) electrons. The van der Waals surface area contributed by atoms with Crippen molar-refractivity contribution in [2.45, 2.75) is 57.3 Å². The molecule has 0 aliphatic heterocycles. The zero-order valence-electron chi connectivity index (χ0n) is 15.2. The summed E-state index contributed by atoms with van der Waals surface area (Å²) >= 11 is 0. The molecule has 2 saturated carbocycles. The fraction of sp³-hybridized carbons (Fsp3) is 0.636. The van der Waals surface area contributed by atoms with Crippen LogP contribution in [0.15, 0.2) is 30.4 Å². The van der Waals surface area contributed by atoms with Gasteiger partial charge in [-0.25, -0.2) is 8.78 Å². The van der Waals surface area contributed by atoms with Gasteiger partial charge in [0, 0.05) is 7.11 Å². The lowest BCUT2D eigenvalue weighted by Gasteiger charge is -2.37. The SMILES string of the molecule is COCC=CC1CCC(C2CCC(c3ccc(F)c(F)c3)CC2)CC1. The van der Waals surface area contributed by atoms with Gasteiger partial charge < -0.3 is 4.74 Å². The highest BCUT2D eigenvalue weighted by Crippen LogP contribution is 2.44. The van der Waals surface area contributed by atoms with Gasteiger partial charge in [0.05, 0.1) is 6.61 Å². The standard InChI is InChI=1S/C22H30F2O/c1-25-14-2-3-16-4-6-17(7-5-16)18-8-10-19(11-9-18)20-12-13-21(23)22(24)15-20/h2-3,12-13,15-19H,4-11,14H2,1H3. The Morgan fingerprint density at radius 1 is 0.920 bits per heavy atom. The van der Waals surface area contributed by atoms with Crippen LogP contribution < -0.4 is 0 Å². The fourth-order valence-electron chi connectivity index (χ4n) is 4.84. The Kier molecular flexibility index (Phi) is 6.63. The molecular formula is C22H30F2O. The number of rotatable bonds is 5. The fourth-order valence-corrected chi connectivity index (χ4v) is 4.84. The van der Waals surface area contributed by atoms with Crippen LogP contribution in [0.25, 0.3) is 0 Å². The molecule has 3 rings (SSSR count). The maximum Gasteiger partial charge on any atom is 0.159 e. The van der Waals surface area contributed by atoms with E-state index in [2.05, 4.69) is 12.2 Å². The Labute approximate surface area is 150 Å². The maximum atomic E-state index is 13.5. The average molecular weight is 348 g/mol. The van der Waals surface area contributed by atoms with Crippen LogP contribution in [0.1, 0.15) is 62.8 Å². The number of ether oxygens (including phenoxy) is 1. The number of allylic oxidation sites excluding steroid dienone is 1. The van der Waals surface area contributed by atoms with E-state index in [4.69, 9.17) is 4.74 Å². The largest absolute Gasteiger partial charge is 0.381 e. The molecule has 2 fully saturated rings. The summed E-state index contributed by atoms with van der Waals surface area (Å²) in [5, 5.41) is 0. The number of benzene rings is 1. The lowest BCUT2D eigenvalue weighted by Crippen LogP contribution is -2.25. The van der Waals surface area contributed by atoms with Gasteiger partial charge in [-0.2, -0.15) is 0 Å². The van der Waals surface area contributed by atoms with Gasteiger partial charge in [0.25, 0.3) is 0 Å². The van der Waals surface area contributed by atoms with Crippen LogP contribution in [0.5, 0.6) is 0 Å². The monoisotopic (exact) mass is 348 g/mol. The van der Waals surface area contributed by atoms with Gasteiger partial charge in [0.15, 0.2) is 11.6 Å². The molecule has 0 bridgehead atoms. The van der Waals surface area contributed by atoms with E-state index in [0.29, 0.717) is 12.5 Å². The summed E-state index contributed by atoms with van der Waals surface area (Å²) in [7, 11) is 1.73. The molecule has 1 aromatic carbocycles. The molecule has 1 nitrogen and oxygen atoms in total. The Hall–Kier alpha value is -1.22. The normalized spacial score (nSPS) is 30.7. The molecule has 0 unspecified atom stereocenters. The molecule has 2 aliphatic rings. The zero-order valence-corrected chi connectivity index (χ0v) is 15.2. The molecule has 25 heavy (non-hydrogen) atoms. The summed E-state index contributed by atoms with van der Waals surface area (Å²) in [6, 6.07) is 4.44. The van der Waals surface area contributed by atoms with E-state index < -0.39 is 11.6 Å². The third kappa shape index (κ3) is 4.91. The second-order valence-corrected chi connectivity index (χ2v) is 7.84. The molecule has 0 heterocycles. The van der Waals surface area contributed by atoms with Crippen molar-refractivity contribution in [3.63, 3.8) is 0 Å². The first kappa shape index (κ1) is 18.6. The van der Waals surface area contributed by atoms with Crippen molar-refractivity contribution in [3.8, 4) is 0 Å². The Morgan fingerprint density at radius 3 is 2.16 bits per heavy atom. The molecule has 1 aromatic rings. The van der Waals surface area contributed by atoms with Crippen LogP contribution in [0, 0.1) is 29.4 Å². The van der Waals surface area contributed by atoms with Crippen LogP contribution in [-0.2, 0) is 4.74 Å². The molecule has 2 aliphatic carbocycles. The van der Waals surface area contributed by atoms with Crippen LogP contribution in [0.2, 0.25) is 0 Å². The van der Waals surface area contributed by atoms with Crippen LogP contribution in [-0.4, -0.2) is 13.7 Å². The highest BCUT2D eigenvalue weighted by atomic mass is 19.2. The molecule has 0 N–H and O–H groups in total. The number of methoxy groups -OCH3 is 1. The molecule has 0 saturated heterocycles. The first-order valence-electron chi connectivity index (χ1n) is 9.78. The van der Waals surface area contributed by atoms with Crippen LogP contribution in [0.4, 0.5) is 8.78 Å². The molecule has 0 aromatic heterocycles. The van der Waals surface area contributed by atoms with Gasteiger partial charge in [-0.3, -0.25) is 0 Å². The smallest absolute Gasteiger partial charge is 0.159 e. The van der Waals surface area contributed by atoms with E-state index in [1.165, 1.54) is 50.7 Å². The maximum absolute atomic E-state index is 13.5. The summed E-state index contributed by atoms with van der Waals surface area (Å²) in [6.45, 7) is 0.716. The number of hydrogen-bond acceptors (Lipinski definition) is 1. The van der Waals surface area contributed by atoms with Crippen molar-refractivity contribution in [1.29, 1.82) is 0 Å². The van der Waals surface area contributed by atoms with Crippen molar-refractivity contribution >= 4 is 0 Å². The summed E-state index contributed by atoms with van der Waals surface area (Å²) in [5.41, 5.74) is 0.976. The highest BCUT2D eigenvalue weighted by molar-refractivity contribution is 5.22. The second kappa shape index (κ2) is 8.93. The molecule has 0 amide bonds. The molecule has 138 valence electrons. The van der Waals surface area contributed by atoms with Gasteiger partial charge in [0.1, 0.15) is 0 Å². The molecule has 0 atom stereocenters. The Morgan fingerprint density at radius 2 is 1.56 bits per heavy atom. The minimum atomic E-state index is -0.742.